The number of benzene rings is 1. The van der Waals surface area contributed by atoms with E-state index in [9.17, 15) is 0 Å². The van der Waals surface area contributed by atoms with E-state index >= 15 is 0 Å². The molecule has 1 rings (SSSR count). The van der Waals surface area contributed by atoms with Gasteiger partial charge in [-0.2, -0.15) is 0 Å². The molecular formula is C14H22O2. The summed E-state index contributed by atoms with van der Waals surface area (Å²) in [5.74, 6) is 1.57. The third-order valence-electron chi connectivity index (χ3n) is 2.96. The fourth-order valence-electron chi connectivity index (χ4n) is 1.62. The molecule has 2 nitrogen and oxygen atoms in total. The van der Waals surface area contributed by atoms with Gasteiger partial charge in [-0.25, -0.2) is 0 Å². The first-order valence-electron chi connectivity index (χ1n) is 6.12. The number of rotatable bonds is 7. The van der Waals surface area contributed by atoms with Crippen LogP contribution in [0.4, 0.5) is 0 Å². The third kappa shape index (κ3) is 4.23. The van der Waals surface area contributed by atoms with Crippen molar-refractivity contribution in [3.05, 3.63) is 29.8 Å². The molecule has 0 bridgehead atoms. The fourth-order valence-corrected chi connectivity index (χ4v) is 1.62. The maximum atomic E-state index is 8.80. The summed E-state index contributed by atoms with van der Waals surface area (Å²) in [6.45, 7) is 5.39. The summed E-state index contributed by atoms with van der Waals surface area (Å²) in [7, 11) is 0. The highest BCUT2D eigenvalue weighted by Gasteiger charge is 2.04. The van der Waals surface area contributed by atoms with Crippen LogP contribution in [0.25, 0.3) is 0 Å². The molecule has 1 aromatic rings. The number of aliphatic hydroxyl groups excluding tert-OH is 1. The molecule has 0 heterocycles. The second-order valence-electron chi connectivity index (χ2n) is 4.11. The van der Waals surface area contributed by atoms with E-state index in [2.05, 4.69) is 13.8 Å². The molecule has 0 unspecified atom stereocenters. The molecule has 0 atom stereocenters. The Bertz CT molecular complexity index is 275. The quantitative estimate of drug-likeness (QED) is 0.768. The summed E-state index contributed by atoms with van der Waals surface area (Å²) >= 11 is 0. The minimum atomic E-state index is 0.202. The van der Waals surface area contributed by atoms with Gasteiger partial charge in [0.05, 0.1) is 6.61 Å². The molecule has 1 N–H and O–H groups in total. The molecule has 0 aliphatic rings. The molecule has 0 spiro atoms. The summed E-state index contributed by atoms with van der Waals surface area (Å²) < 4.78 is 5.72. The van der Waals surface area contributed by atoms with Crippen LogP contribution in [-0.4, -0.2) is 18.3 Å². The fraction of sp³-hybridized carbons (Fsp3) is 0.571. The van der Waals surface area contributed by atoms with Crippen molar-refractivity contribution in [2.45, 2.75) is 33.1 Å². The van der Waals surface area contributed by atoms with Crippen LogP contribution in [0, 0.1) is 5.92 Å². The summed E-state index contributed by atoms with van der Waals surface area (Å²) in [6.07, 6.45) is 3.05. The predicted octanol–water partition coefficient (Wildman–Crippen LogP) is 3.04. The molecule has 0 aliphatic heterocycles. The molecule has 0 fully saturated rings. The zero-order valence-electron chi connectivity index (χ0n) is 10.3. The lowest BCUT2D eigenvalue weighted by atomic mass is 10.1. The van der Waals surface area contributed by atoms with Crippen molar-refractivity contribution in [3.63, 3.8) is 0 Å². The van der Waals surface area contributed by atoms with Gasteiger partial charge in [0.25, 0.3) is 0 Å². The first-order valence-corrected chi connectivity index (χ1v) is 6.12. The van der Waals surface area contributed by atoms with Gasteiger partial charge in [-0.05, 0) is 30.0 Å². The van der Waals surface area contributed by atoms with Crippen LogP contribution < -0.4 is 4.74 Å². The van der Waals surface area contributed by atoms with Gasteiger partial charge in [-0.1, -0.05) is 38.8 Å². The standard InChI is InChI=1S/C14H22O2/c1-3-12(4-2)11-16-14-7-5-13(6-8-14)9-10-15/h5-8,12,15H,3-4,9-11H2,1-2H3. The number of ether oxygens (including phenoxy) is 1. The van der Waals surface area contributed by atoms with E-state index in [1.54, 1.807) is 0 Å². The van der Waals surface area contributed by atoms with E-state index < -0.39 is 0 Å². The van der Waals surface area contributed by atoms with E-state index in [1.807, 2.05) is 24.3 Å². The van der Waals surface area contributed by atoms with E-state index in [1.165, 1.54) is 12.8 Å². The van der Waals surface area contributed by atoms with E-state index in [0.29, 0.717) is 12.3 Å². The molecule has 0 saturated carbocycles. The molecule has 0 saturated heterocycles. The highest BCUT2D eigenvalue weighted by atomic mass is 16.5. The lowest BCUT2D eigenvalue weighted by Gasteiger charge is -2.13. The molecule has 0 aromatic heterocycles. The van der Waals surface area contributed by atoms with Crippen molar-refractivity contribution < 1.29 is 9.84 Å². The Labute approximate surface area is 98.3 Å². The molecule has 0 aliphatic carbocycles. The molecule has 0 radical (unpaired) electrons. The first-order chi connectivity index (χ1) is 7.80. The minimum absolute atomic E-state index is 0.202. The van der Waals surface area contributed by atoms with Gasteiger partial charge in [0.15, 0.2) is 0 Å². The third-order valence-corrected chi connectivity index (χ3v) is 2.96. The van der Waals surface area contributed by atoms with Gasteiger partial charge in [0.2, 0.25) is 0 Å². The predicted molar refractivity (Wildman–Crippen MR) is 66.8 cm³/mol. The average molecular weight is 222 g/mol. The van der Waals surface area contributed by atoms with Gasteiger partial charge < -0.3 is 9.84 Å². The van der Waals surface area contributed by atoms with Crippen molar-refractivity contribution in [1.82, 2.24) is 0 Å². The van der Waals surface area contributed by atoms with Crippen molar-refractivity contribution >= 4 is 0 Å². The smallest absolute Gasteiger partial charge is 0.119 e. The van der Waals surface area contributed by atoms with Crippen LogP contribution in [0.15, 0.2) is 24.3 Å². The second-order valence-corrected chi connectivity index (χ2v) is 4.11. The Kier molecular flexibility index (Phi) is 5.94. The van der Waals surface area contributed by atoms with E-state index in [0.717, 1.165) is 17.9 Å². The number of aliphatic hydroxyl groups is 1. The van der Waals surface area contributed by atoms with Gasteiger partial charge in [-0.15, -0.1) is 0 Å². The summed E-state index contributed by atoms with van der Waals surface area (Å²) in [6, 6.07) is 7.98. The summed E-state index contributed by atoms with van der Waals surface area (Å²) in [4.78, 5) is 0. The van der Waals surface area contributed by atoms with Gasteiger partial charge in [-0.3, -0.25) is 0 Å². The Morgan fingerprint density at radius 2 is 1.75 bits per heavy atom. The molecule has 16 heavy (non-hydrogen) atoms. The number of hydrogen-bond acceptors (Lipinski definition) is 2. The summed E-state index contributed by atoms with van der Waals surface area (Å²) in [5, 5.41) is 8.80. The Hall–Kier alpha value is -1.02. The molecule has 1 aromatic carbocycles. The Balaban J connectivity index is 2.42. The van der Waals surface area contributed by atoms with Crippen LogP contribution in [-0.2, 0) is 6.42 Å². The number of hydrogen-bond donors (Lipinski definition) is 1. The normalized spacial score (nSPS) is 10.8. The Morgan fingerprint density at radius 3 is 2.25 bits per heavy atom. The van der Waals surface area contributed by atoms with Crippen molar-refractivity contribution in [1.29, 1.82) is 0 Å². The minimum Gasteiger partial charge on any atom is -0.493 e. The first kappa shape index (κ1) is 13.0. The monoisotopic (exact) mass is 222 g/mol. The van der Waals surface area contributed by atoms with Crippen LogP contribution in [0.2, 0.25) is 0 Å². The lowest BCUT2D eigenvalue weighted by Crippen LogP contribution is -2.10. The highest BCUT2D eigenvalue weighted by Crippen LogP contribution is 2.15. The van der Waals surface area contributed by atoms with Crippen LogP contribution in [0.1, 0.15) is 32.3 Å². The second kappa shape index (κ2) is 7.29. The van der Waals surface area contributed by atoms with Crippen LogP contribution in [0.3, 0.4) is 0 Å². The summed E-state index contributed by atoms with van der Waals surface area (Å²) in [5.41, 5.74) is 1.15. The van der Waals surface area contributed by atoms with E-state index in [-0.39, 0.29) is 6.61 Å². The van der Waals surface area contributed by atoms with Gasteiger partial charge in [0, 0.05) is 6.61 Å². The topological polar surface area (TPSA) is 29.5 Å². The van der Waals surface area contributed by atoms with Crippen molar-refractivity contribution in [3.8, 4) is 5.75 Å². The van der Waals surface area contributed by atoms with E-state index in [4.69, 9.17) is 9.84 Å². The zero-order valence-corrected chi connectivity index (χ0v) is 10.3. The van der Waals surface area contributed by atoms with Crippen LogP contribution >= 0.6 is 0 Å². The van der Waals surface area contributed by atoms with Crippen LogP contribution in [0.5, 0.6) is 5.75 Å². The largest absolute Gasteiger partial charge is 0.493 e. The average Bonchev–Trinajstić information content (AvgIpc) is 2.33. The Morgan fingerprint density at radius 1 is 1.12 bits per heavy atom. The highest BCUT2D eigenvalue weighted by molar-refractivity contribution is 5.27. The van der Waals surface area contributed by atoms with Gasteiger partial charge in [0.1, 0.15) is 5.75 Å². The molecular weight excluding hydrogens is 200 g/mol. The molecule has 0 amide bonds. The SMILES string of the molecule is CCC(CC)COc1ccc(CCO)cc1. The zero-order chi connectivity index (χ0) is 11.8. The lowest BCUT2D eigenvalue weighted by molar-refractivity contribution is 0.240. The van der Waals surface area contributed by atoms with Crippen molar-refractivity contribution in [2.75, 3.05) is 13.2 Å². The van der Waals surface area contributed by atoms with Gasteiger partial charge >= 0.3 is 0 Å². The maximum absolute atomic E-state index is 8.80. The molecule has 90 valence electrons. The maximum Gasteiger partial charge on any atom is 0.119 e. The van der Waals surface area contributed by atoms with Crippen molar-refractivity contribution in [2.24, 2.45) is 5.92 Å². The molecule has 2 heteroatoms.